The smallest absolute Gasteiger partial charge is 0.358 e. The molecular formula is C18H32O6Si4. The van der Waals surface area contributed by atoms with Gasteiger partial charge in [0.2, 0.25) is 0 Å². The molecule has 2 unspecified atom stereocenters. The van der Waals surface area contributed by atoms with E-state index in [1.54, 1.807) is 39.3 Å². The van der Waals surface area contributed by atoms with Crippen molar-refractivity contribution in [1.82, 2.24) is 0 Å². The van der Waals surface area contributed by atoms with Crippen molar-refractivity contribution in [2.75, 3.05) is 0 Å². The monoisotopic (exact) mass is 456 g/mol. The molecule has 0 saturated heterocycles. The molecule has 0 spiro atoms. The molecule has 0 fully saturated rings. The predicted octanol–water partition coefficient (Wildman–Crippen LogP) is 1.34. The van der Waals surface area contributed by atoms with Crippen molar-refractivity contribution in [3.8, 4) is 0 Å². The summed E-state index contributed by atoms with van der Waals surface area (Å²) in [7, 11) is -11.1. The Labute approximate surface area is 172 Å². The van der Waals surface area contributed by atoms with Gasteiger partial charge in [-0.1, -0.05) is 60.7 Å². The fourth-order valence-electron chi connectivity index (χ4n) is 2.61. The molecule has 4 N–H and O–H groups in total. The molecule has 0 heterocycles. The summed E-state index contributed by atoms with van der Waals surface area (Å²) in [6.07, 6.45) is 0. The van der Waals surface area contributed by atoms with Gasteiger partial charge in [0.15, 0.2) is 0 Å². The highest BCUT2D eigenvalue weighted by molar-refractivity contribution is 6.91. The lowest BCUT2D eigenvalue weighted by atomic mass is 10.4. The maximum atomic E-state index is 10.6. The molecule has 0 aliphatic rings. The Balaban J connectivity index is 0.000000370. The molecule has 0 aromatic heterocycles. The number of hydrogen-bond donors (Lipinski definition) is 4. The van der Waals surface area contributed by atoms with Crippen molar-refractivity contribution in [3.63, 3.8) is 0 Å². The SMILES string of the molecule is C[Si](C)(O)O[Si](C)(C)O.C[Si](O)(O[Si](C)(O)c1ccccc1)c1ccccc1. The largest absolute Gasteiger partial charge is 0.415 e. The highest BCUT2D eigenvalue weighted by Crippen LogP contribution is 2.11. The summed E-state index contributed by atoms with van der Waals surface area (Å²) in [5.74, 6) is 0. The van der Waals surface area contributed by atoms with Crippen LogP contribution in [-0.2, 0) is 8.23 Å². The van der Waals surface area contributed by atoms with E-state index in [0.29, 0.717) is 0 Å². The van der Waals surface area contributed by atoms with Crippen LogP contribution in [0.4, 0.5) is 0 Å². The van der Waals surface area contributed by atoms with Crippen molar-refractivity contribution in [2.24, 2.45) is 0 Å². The van der Waals surface area contributed by atoms with Crippen molar-refractivity contribution in [3.05, 3.63) is 60.7 Å². The molecule has 2 atom stereocenters. The molecule has 2 aromatic rings. The molecule has 0 aliphatic carbocycles. The van der Waals surface area contributed by atoms with Gasteiger partial charge in [-0.05, 0) is 49.7 Å². The molecule has 0 bridgehead atoms. The van der Waals surface area contributed by atoms with Gasteiger partial charge in [-0.2, -0.15) is 0 Å². The summed E-state index contributed by atoms with van der Waals surface area (Å²) >= 11 is 0. The summed E-state index contributed by atoms with van der Waals surface area (Å²) in [6, 6.07) is 18.6. The zero-order chi connectivity index (χ0) is 21.6. The van der Waals surface area contributed by atoms with Crippen molar-refractivity contribution >= 4 is 44.6 Å². The fourth-order valence-corrected chi connectivity index (χ4v) is 13.2. The number of rotatable bonds is 6. The zero-order valence-corrected chi connectivity index (χ0v) is 21.4. The molecule has 0 aliphatic heterocycles. The van der Waals surface area contributed by atoms with E-state index in [0.717, 1.165) is 10.4 Å². The Morgan fingerprint density at radius 1 is 0.500 bits per heavy atom. The normalized spacial score (nSPS) is 16.4. The van der Waals surface area contributed by atoms with E-state index in [9.17, 15) is 9.59 Å². The minimum Gasteiger partial charge on any atom is -0.415 e. The summed E-state index contributed by atoms with van der Waals surface area (Å²) in [4.78, 5) is 39.4. The van der Waals surface area contributed by atoms with Crippen molar-refractivity contribution in [2.45, 2.75) is 39.3 Å². The first-order valence-electron chi connectivity index (χ1n) is 9.03. The second-order valence-electron chi connectivity index (χ2n) is 7.80. The highest BCUT2D eigenvalue weighted by Gasteiger charge is 2.41. The second-order valence-corrected chi connectivity index (χ2v) is 20.3. The van der Waals surface area contributed by atoms with Gasteiger partial charge in [-0.3, -0.25) is 0 Å². The summed E-state index contributed by atoms with van der Waals surface area (Å²) < 4.78 is 10.8. The van der Waals surface area contributed by atoms with Gasteiger partial charge in [0.1, 0.15) is 0 Å². The molecule has 0 radical (unpaired) electrons. The van der Waals surface area contributed by atoms with Crippen LogP contribution < -0.4 is 10.4 Å². The Bertz CT molecular complexity index is 651. The average molecular weight is 457 g/mol. The minimum absolute atomic E-state index is 0.763. The lowest BCUT2D eigenvalue weighted by molar-refractivity contribution is 0.321. The third-order valence-corrected chi connectivity index (χ3v) is 13.5. The van der Waals surface area contributed by atoms with Gasteiger partial charge in [0.05, 0.1) is 0 Å². The second kappa shape index (κ2) is 9.71. The van der Waals surface area contributed by atoms with E-state index >= 15 is 0 Å². The first kappa shape index (κ1) is 25.1. The Kier molecular flexibility index (Phi) is 8.71. The lowest BCUT2D eigenvalue weighted by Gasteiger charge is -2.30. The van der Waals surface area contributed by atoms with Crippen LogP contribution in [0.5, 0.6) is 0 Å². The molecular weight excluding hydrogens is 425 g/mol. The Morgan fingerprint density at radius 2 is 0.786 bits per heavy atom. The molecule has 0 amide bonds. The topological polar surface area (TPSA) is 99.4 Å². The van der Waals surface area contributed by atoms with Gasteiger partial charge in [0.25, 0.3) is 0 Å². The van der Waals surface area contributed by atoms with Gasteiger partial charge < -0.3 is 27.4 Å². The van der Waals surface area contributed by atoms with Crippen LogP contribution in [-0.4, -0.2) is 53.4 Å². The first-order chi connectivity index (χ1) is 12.6. The van der Waals surface area contributed by atoms with Crippen LogP contribution in [0.3, 0.4) is 0 Å². The molecule has 0 saturated carbocycles. The van der Waals surface area contributed by atoms with Crippen LogP contribution in [0.25, 0.3) is 0 Å². The van der Waals surface area contributed by atoms with E-state index in [2.05, 4.69) is 0 Å². The fraction of sp³-hybridized carbons (Fsp3) is 0.333. The van der Waals surface area contributed by atoms with Crippen LogP contribution in [0.15, 0.2) is 60.7 Å². The predicted molar refractivity (Wildman–Crippen MR) is 121 cm³/mol. The molecule has 156 valence electrons. The number of benzene rings is 2. The van der Waals surface area contributed by atoms with Crippen molar-refractivity contribution in [1.29, 1.82) is 0 Å². The summed E-state index contributed by atoms with van der Waals surface area (Å²) in [6.45, 7) is 9.92. The van der Waals surface area contributed by atoms with Gasteiger partial charge in [-0.25, -0.2) is 0 Å². The van der Waals surface area contributed by atoms with E-state index in [-0.39, 0.29) is 0 Å². The summed E-state index contributed by atoms with van der Waals surface area (Å²) in [5, 5.41) is 1.53. The van der Waals surface area contributed by atoms with E-state index in [1.165, 1.54) is 0 Å². The third kappa shape index (κ3) is 9.51. The third-order valence-electron chi connectivity index (χ3n) is 3.52. The molecule has 28 heavy (non-hydrogen) atoms. The first-order valence-corrected chi connectivity index (χ1v) is 19.5. The van der Waals surface area contributed by atoms with Crippen molar-refractivity contribution < 1.29 is 27.4 Å². The molecule has 6 nitrogen and oxygen atoms in total. The molecule has 10 heteroatoms. The maximum absolute atomic E-state index is 10.6. The van der Waals surface area contributed by atoms with E-state index in [4.69, 9.17) is 17.8 Å². The Hall–Kier alpha value is -0.932. The average Bonchev–Trinajstić information content (AvgIpc) is 2.53. The molecule has 2 aromatic carbocycles. The van der Waals surface area contributed by atoms with Crippen LogP contribution >= 0.6 is 0 Å². The lowest BCUT2D eigenvalue weighted by Crippen LogP contribution is -2.61. The van der Waals surface area contributed by atoms with E-state index < -0.39 is 34.2 Å². The van der Waals surface area contributed by atoms with Gasteiger partial charge >= 0.3 is 34.2 Å². The minimum atomic E-state index is -3.09. The molecule has 2 rings (SSSR count). The highest BCUT2D eigenvalue weighted by atomic mass is 28.5. The van der Waals surface area contributed by atoms with Crippen LogP contribution in [0, 0.1) is 0 Å². The van der Waals surface area contributed by atoms with Gasteiger partial charge in [0, 0.05) is 0 Å². The van der Waals surface area contributed by atoms with Crippen LogP contribution in [0.1, 0.15) is 0 Å². The summed E-state index contributed by atoms with van der Waals surface area (Å²) in [5.41, 5.74) is 0. The standard InChI is InChI=1S/C14H18O3Si2.C4H14O3Si2/c1-18(15,13-9-5-3-6-10-13)17-19(2,16)14-11-7-4-8-12-14;1-8(2,5)7-9(3,4)6/h3-12,15-16H,1-2H3;5-6H,1-4H3. The Morgan fingerprint density at radius 3 is 1.00 bits per heavy atom. The quantitative estimate of drug-likeness (QED) is 0.490. The zero-order valence-electron chi connectivity index (χ0n) is 17.4. The maximum Gasteiger partial charge on any atom is 0.358 e. The van der Waals surface area contributed by atoms with Gasteiger partial charge in [-0.15, -0.1) is 0 Å². The van der Waals surface area contributed by atoms with E-state index in [1.807, 2.05) is 60.7 Å². The van der Waals surface area contributed by atoms with Crippen LogP contribution in [0.2, 0.25) is 39.3 Å². The number of hydrogen-bond acceptors (Lipinski definition) is 6.